The lowest BCUT2D eigenvalue weighted by Crippen LogP contribution is -2.30. The van der Waals surface area contributed by atoms with Crippen LogP contribution in [0.3, 0.4) is 0 Å². The van der Waals surface area contributed by atoms with Crippen molar-refractivity contribution in [2.24, 2.45) is 0 Å². The molecular weight excluding hydrogens is 256 g/mol. The van der Waals surface area contributed by atoms with Gasteiger partial charge >= 0.3 is 12.1 Å². The number of ether oxygens (including phenoxy) is 1. The van der Waals surface area contributed by atoms with Crippen LogP contribution in [-0.4, -0.2) is 25.7 Å². The van der Waals surface area contributed by atoms with Crippen molar-refractivity contribution in [1.82, 2.24) is 10.8 Å². The molecule has 0 spiro atoms. The number of nitrogens with one attached hydrogen (secondary N) is 2. The molecule has 0 rings (SSSR count). The molecule has 80 valence electrons. The summed E-state index contributed by atoms with van der Waals surface area (Å²) in [5.41, 5.74) is 2.13. The first kappa shape index (κ1) is 12.8. The molecule has 0 unspecified atom stereocenters. The number of esters is 1. The van der Waals surface area contributed by atoms with E-state index in [4.69, 9.17) is 0 Å². The molecule has 0 fully saturated rings. The number of halogens is 1. The Bertz CT molecular complexity index is 242. The number of rotatable bonds is 4. The largest absolute Gasteiger partial charge is 0.461 e. The highest BCUT2D eigenvalue weighted by molar-refractivity contribution is 9.11. The van der Waals surface area contributed by atoms with Crippen LogP contribution in [0.1, 0.15) is 6.92 Å². The maximum atomic E-state index is 11.1. The molecule has 0 atom stereocenters. The van der Waals surface area contributed by atoms with Gasteiger partial charge in [-0.2, -0.15) is 0 Å². The number of carbonyl (C=O) groups is 2. The van der Waals surface area contributed by atoms with Crippen molar-refractivity contribution < 1.29 is 19.2 Å². The minimum Gasteiger partial charge on any atom is -0.461 e. The number of hydrogen-bond donors (Lipinski definition) is 2. The zero-order valence-corrected chi connectivity index (χ0v) is 9.38. The van der Waals surface area contributed by atoms with Crippen LogP contribution >= 0.6 is 15.9 Å². The fourth-order valence-electron chi connectivity index (χ4n) is 0.470. The highest BCUT2D eigenvalue weighted by Gasteiger charge is 2.11. The minimum atomic E-state index is -0.707. The smallest absolute Gasteiger partial charge is 0.431 e. The Morgan fingerprint density at radius 1 is 1.50 bits per heavy atom. The van der Waals surface area contributed by atoms with Gasteiger partial charge in [0.25, 0.3) is 0 Å². The molecule has 0 saturated carbocycles. The summed E-state index contributed by atoms with van der Waals surface area (Å²) in [4.78, 5) is 27.4. The van der Waals surface area contributed by atoms with E-state index in [1.54, 1.807) is 6.92 Å². The van der Waals surface area contributed by atoms with Gasteiger partial charge in [-0.3, -0.25) is 0 Å². The number of hydrogen-bond acceptors (Lipinski definition) is 5. The van der Waals surface area contributed by atoms with Gasteiger partial charge in [-0.15, -0.1) is 0 Å². The van der Waals surface area contributed by atoms with E-state index in [-0.39, 0.29) is 12.3 Å². The second kappa shape index (κ2) is 7.19. The van der Waals surface area contributed by atoms with Crippen LogP contribution in [0, 0.1) is 0 Å². The molecule has 0 radical (unpaired) electrons. The Balaban J connectivity index is 4.05. The van der Waals surface area contributed by atoms with Gasteiger partial charge in [0.05, 0.1) is 6.61 Å². The van der Waals surface area contributed by atoms with Crippen molar-refractivity contribution in [3.63, 3.8) is 0 Å². The van der Waals surface area contributed by atoms with Crippen molar-refractivity contribution in [1.29, 1.82) is 0 Å². The molecular formula is C7H11BrN2O4. The summed E-state index contributed by atoms with van der Waals surface area (Å²) >= 11 is 2.92. The lowest BCUT2D eigenvalue weighted by Gasteiger charge is -2.08. The van der Waals surface area contributed by atoms with Crippen molar-refractivity contribution in [3.05, 3.63) is 10.7 Å². The van der Waals surface area contributed by atoms with Gasteiger partial charge in [-0.1, -0.05) is 15.9 Å². The van der Waals surface area contributed by atoms with Crippen LogP contribution in [0.15, 0.2) is 10.7 Å². The third kappa shape index (κ3) is 4.70. The molecule has 0 bridgehead atoms. The zero-order valence-electron chi connectivity index (χ0n) is 7.80. The van der Waals surface area contributed by atoms with Crippen LogP contribution < -0.4 is 10.8 Å². The molecule has 1 amide bonds. The van der Waals surface area contributed by atoms with E-state index < -0.39 is 12.1 Å². The van der Waals surface area contributed by atoms with Crippen molar-refractivity contribution in [3.8, 4) is 0 Å². The van der Waals surface area contributed by atoms with Gasteiger partial charge < -0.3 is 14.9 Å². The van der Waals surface area contributed by atoms with Crippen LogP contribution in [0.4, 0.5) is 4.79 Å². The molecule has 0 aromatic heterocycles. The molecule has 7 heteroatoms. The van der Waals surface area contributed by atoms with Crippen molar-refractivity contribution in [2.45, 2.75) is 6.92 Å². The molecule has 0 saturated heterocycles. The average Bonchev–Trinajstić information content (AvgIpc) is 2.18. The summed E-state index contributed by atoms with van der Waals surface area (Å²) in [6, 6.07) is 0. The predicted octanol–water partition coefficient (Wildman–Crippen LogP) is 0.646. The Kier molecular flexibility index (Phi) is 6.55. The maximum absolute atomic E-state index is 11.1. The Hall–Kier alpha value is -1.24. The van der Waals surface area contributed by atoms with E-state index in [9.17, 15) is 9.59 Å². The predicted molar refractivity (Wildman–Crippen MR) is 52.3 cm³/mol. The summed E-state index contributed by atoms with van der Waals surface area (Å²) in [5.74, 6) is -0.617. The summed E-state index contributed by atoms with van der Waals surface area (Å²) in [5, 5.41) is 2.20. The fourth-order valence-corrected chi connectivity index (χ4v) is 0.750. The van der Waals surface area contributed by atoms with Gasteiger partial charge in [0.1, 0.15) is 0 Å². The third-order valence-electron chi connectivity index (χ3n) is 1.06. The topological polar surface area (TPSA) is 76.7 Å². The molecule has 6 nitrogen and oxygen atoms in total. The van der Waals surface area contributed by atoms with E-state index in [0.717, 1.165) is 0 Å². The summed E-state index contributed by atoms with van der Waals surface area (Å²) in [6.45, 7) is 1.91. The van der Waals surface area contributed by atoms with Crippen LogP contribution in [-0.2, 0) is 14.4 Å². The molecule has 14 heavy (non-hydrogen) atoms. The molecule has 0 aromatic rings. The molecule has 0 aliphatic carbocycles. The second-order valence-corrected chi connectivity index (χ2v) is 2.44. The first-order valence-electron chi connectivity index (χ1n) is 3.77. The second-order valence-electron chi connectivity index (χ2n) is 1.98. The van der Waals surface area contributed by atoms with E-state index in [0.29, 0.717) is 0 Å². The van der Waals surface area contributed by atoms with Gasteiger partial charge in [-0.25, -0.2) is 15.1 Å². The Morgan fingerprint density at radius 2 is 2.14 bits per heavy atom. The van der Waals surface area contributed by atoms with Crippen molar-refractivity contribution in [2.75, 3.05) is 13.7 Å². The van der Waals surface area contributed by atoms with Gasteiger partial charge in [0.2, 0.25) is 0 Å². The molecule has 0 aliphatic heterocycles. The Morgan fingerprint density at radius 3 is 2.57 bits per heavy atom. The van der Waals surface area contributed by atoms with Crippen LogP contribution in [0.2, 0.25) is 0 Å². The average molecular weight is 267 g/mol. The highest BCUT2D eigenvalue weighted by atomic mass is 79.9. The summed E-state index contributed by atoms with van der Waals surface area (Å²) < 4.78 is 4.65. The van der Waals surface area contributed by atoms with Gasteiger partial charge in [0.15, 0.2) is 5.70 Å². The first-order chi connectivity index (χ1) is 6.65. The zero-order chi connectivity index (χ0) is 11.0. The van der Waals surface area contributed by atoms with E-state index >= 15 is 0 Å². The normalized spacial score (nSPS) is 10.4. The lowest BCUT2D eigenvalue weighted by atomic mass is 10.5. The molecule has 0 aliphatic rings. The molecule has 0 aromatic carbocycles. The number of hydroxylamine groups is 1. The minimum absolute atomic E-state index is 0.00421. The summed E-state index contributed by atoms with van der Waals surface area (Å²) in [7, 11) is 1.39. The standard InChI is InChI=1S/C7H11BrN2O4/c1-3-13-6(11)5(4-8)10-14-7(12)9-2/h4,10H,3H2,1-2H3,(H,9,12)/b5-4+. The highest BCUT2D eigenvalue weighted by Crippen LogP contribution is 1.98. The van der Waals surface area contributed by atoms with E-state index in [1.165, 1.54) is 12.0 Å². The van der Waals surface area contributed by atoms with Crippen LogP contribution in [0.25, 0.3) is 0 Å². The SMILES string of the molecule is CCOC(=O)/C(=C\Br)NOC(=O)NC. The fraction of sp³-hybridized carbons (Fsp3) is 0.429. The van der Waals surface area contributed by atoms with Gasteiger partial charge in [-0.05, 0) is 6.92 Å². The van der Waals surface area contributed by atoms with Crippen LogP contribution in [0.5, 0.6) is 0 Å². The maximum Gasteiger partial charge on any atom is 0.431 e. The quantitative estimate of drug-likeness (QED) is 0.444. The molecule has 2 N–H and O–H groups in total. The van der Waals surface area contributed by atoms with E-state index in [2.05, 4.69) is 36.3 Å². The van der Waals surface area contributed by atoms with E-state index in [1.807, 2.05) is 0 Å². The monoisotopic (exact) mass is 266 g/mol. The number of carbonyl (C=O) groups excluding carboxylic acids is 2. The first-order valence-corrected chi connectivity index (χ1v) is 4.69. The Labute approximate surface area is 89.7 Å². The van der Waals surface area contributed by atoms with Crippen molar-refractivity contribution >= 4 is 28.0 Å². The molecule has 0 heterocycles. The third-order valence-corrected chi connectivity index (χ3v) is 1.52. The number of amides is 1. The lowest BCUT2D eigenvalue weighted by molar-refractivity contribution is -0.140. The summed E-state index contributed by atoms with van der Waals surface area (Å²) in [6.07, 6.45) is -0.707. The van der Waals surface area contributed by atoms with Gasteiger partial charge in [0, 0.05) is 12.0 Å².